The van der Waals surface area contributed by atoms with Gasteiger partial charge < -0.3 is 13.9 Å². The van der Waals surface area contributed by atoms with Crippen molar-refractivity contribution in [2.45, 2.75) is 78.0 Å². The predicted molar refractivity (Wildman–Crippen MR) is 94.7 cm³/mol. The molecule has 3 nitrogen and oxygen atoms in total. The summed E-state index contributed by atoms with van der Waals surface area (Å²) in [5.41, 5.74) is 0.816. The van der Waals surface area contributed by atoms with Crippen LogP contribution < -0.4 is 0 Å². The van der Waals surface area contributed by atoms with Gasteiger partial charge in [-0.1, -0.05) is 12.5 Å². The number of rotatable bonds is 11. The monoisotopic (exact) mass is 360 g/mol. The number of halogens is 2. The van der Waals surface area contributed by atoms with Gasteiger partial charge in [-0.3, -0.25) is 0 Å². The molecule has 0 saturated carbocycles. The number of ether oxygens (including phenoxy) is 2. The highest BCUT2D eigenvalue weighted by molar-refractivity contribution is 5.98. The fourth-order valence-corrected chi connectivity index (χ4v) is 3.00. The molecule has 0 saturated heterocycles. The summed E-state index contributed by atoms with van der Waals surface area (Å²) >= 11 is 0. The molecule has 0 fully saturated rings. The first-order valence-corrected chi connectivity index (χ1v) is 9.44. The molecule has 1 rings (SSSR count). The topological polar surface area (TPSA) is 27.7 Å². The minimum absolute atomic E-state index is 0.0138. The molecule has 0 N–H and O–H groups in total. The van der Waals surface area contributed by atoms with Crippen molar-refractivity contribution in [2.24, 2.45) is 0 Å². The zero-order valence-electron chi connectivity index (χ0n) is 15.4. The lowest BCUT2D eigenvalue weighted by atomic mass is 10.1. The highest BCUT2D eigenvalue weighted by Crippen LogP contribution is 2.26. The normalized spacial score (nSPS) is 12.5. The molecule has 0 aliphatic rings. The van der Waals surface area contributed by atoms with E-state index in [4.69, 9.17) is 13.9 Å². The van der Waals surface area contributed by atoms with E-state index in [2.05, 4.69) is 0 Å². The maximum Gasteiger partial charge on any atom is 0.273 e. The maximum atomic E-state index is 13.2. The predicted octanol–water partition coefficient (Wildman–Crippen LogP) is 3.87. The van der Waals surface area contributed by atoms with Gasteiger partial charge in [0.05, 0.1) is 12.2 Å². The lowest BCUT2D eigenvalue weighted by Gasteiger charge is -2.36. The summed E-state index contributed by atoms with van der Waals surface area (Å²) in [6.07, 6.45) is 4.12. The van der Waals surface area contributed by atoms with Gasteiger partial charge in [-0.25, -0.2) is 8.78 Å². The van der Waals surface area contributed by atoms with Crippen LogP contribution in [0.15, 0.2) is 18.2 Å². The van der Waals surface area contributed by atoms with Crippen molar-refractivity contribution in [3.05, 3.63) is 35.4 Å². The fraction of sp³-hybridized carbons (Fsp3) is 0.667. The lowest BCUT2D eigenvalue weighted by Crippen LogP contribution is -2.42. The molecule has 0 heterocycles. The van der Waals surface area contributed by atoms with Crippen LogP contribution in [-0.2, 0) is 20.3 Å². The minimum atomic E-state index is -0.962. The van der Waals surface area contributed by atoms with Gasteiger partial charge in [0, 0.05) is 6.42 Å². The molecule has 0 aliphatic carbocycles. The summed E-state index contributed by atoms with van der Waals surface area (Å²) in [6, 6.07) is 4.08. The Morgan fingerprint density at radius 1 is 0.958 bits per heavy atom. The molecule has 0 bridgehead atoms. The molecule has 0 aromatic heterocycles. The van der Waals surface area contributed by atoms with Crippen molar-refractivity contribution < 1.29 is 22.7 Å². The summed E-state index contributed by atoms with van der Waals surface area (Å²) in [7, 11) is 0.527. The molecule has 0 unspecified atom stereocenters. The van der Waals surface area contributed by atoms with Gasteiger partial charge >= 0.3 is 0 Å². The number of aryl methyl sites for hydroxylation is 1. The highest BCUT2D eigenvalue weighted by atomic mass is 28.2. The van der Waals surface area contributed by atoms with E-state index in [-0.39, 0.29) is 12.2 Å². The van der Waals surface area contributed by atoms with Crippen LogP contribution in [0.1, 0.15) is 58.9 Å². The Bertz CT molecular complexity index is 485. The third-order valence-corrected chi connectivity index (χ3v) is 4.20. The van der Waals surface area contributed by atoms with Crippen molar-refractivity contribution >= 4 is 10.5 Å². The zero-order chi connectivity index (χ0) is 18.2. The summed E-state index contributed by atoms with van der Waals surface area (Å²) in [4.78, 5) is 0. The molecule has 0 radical (unpaired) electrons. The first-order valence-electron chi connectivity index (χ1n) is 8.62. The number of unbranched alkanes of at least 4 members (excludes halogenated alkanes) is 2. The van der Waals surface area contributed by atoms with E-state index in [0.717, 1.165) is 31.2 Å². The van der Waals surface area contributed by atoms with E-state index >= 15 is 0 Å². The Kier molecular flexibility index (Phi) is 9.05. The Morgan fingerprint density at radius 3 is 2.08 bits per heavy atom. The quantitative estimate of drug-likeness (QED) is 0.341. The molecule has 1 aromatic rings. The Hall–Kier alpha value is -0.823. The van der Waals surface area contributed by atoms with Crippen LogP contribution in [0, 0.1) is 11.6 Å². The minimum Gasteiger partial charge on any atom is -0.380 e. The molecule has 6 heteroatoms. The molecule has 0 aliphatic heterocycles. The van der Waals surface area contributed by atoms with Crippen LogP contribution >= 0.6 is 0 Å². The van der Waals surface area contributed by atoms with Crippen LogP contribution in [0.2, 0.25) is 0 Å². The largest absolute Gasteiger partial charge is 0.380 e. The third kappa shape index (κ3) is 7.38. The van der Waals surface area contributed by atoms with Crippen molar-refractivity contribution in [1.82, 2.24) is 0 Å². The van der Waals surface area contributed by atoms with Gasteiger partial charge in [-0.15, -0.1) is 0 Å². The van der Waals surface area contributed by atoms with Crippen molar-refractivity contribution in [1.29, 1.82) is 0 Å². The van der Waals surface area contributed by atoms with Gasteiger partial charge in [0.25, 0.3) is 5.97 Å². The number of benzene rings is 1. The summed E-state index contributed by atoms with van der Waals surface area (Å²) < 4.78 is 43.5. The van der Waals surface area contributed by atoms with E-state index in [1.165, 1.54) is 12.1 Å². The van der Waals surface area contributed by atoms with E-state index in [1.54, 1.807) is 6.07 Å². The van der Waals surface area contributed by atoms with Gasteiger partial charge in [0.1, 0.15) is 0 Å². The van der Waals surface area contributed by atoms with Crippen LogP contribution in [0.5, 0.6) is 0 Å². The second-order valence-corrected chi connectivity index (χ2v) is 6.94. The fourth-order valence-electron chi connectivity index (χ4n) is 2.60. The standard InChI is InChI=1S/C18H30F2O3Si/c1-13(2)21-18(23-24,22-14(3)4)11-7-5-6-8-15-9-10-16(19)17(20)12-15/h9-10,12-14H,5-8,11H2,1-4,24H3. The van der Waals surface area contributed by atoms with E-state index < -0.39 is 17.6 Å². The SMILES string of the molecule is CC(C)OC(CCCCCc1ccc(F)c(F)c1)(O[SiH3])OC(C)C. The maximum absolute atomic E-state index is 13.2. The molecular formula is C18H30F2O3Si. The number of hydrogen-bond acceptors (Lipinski definition) is 3. The van der Waals surface area contributed by atoms with Crippen molar-refractivity contribution in [3.8, 4) is 0 Å². The molecule has 0 spiro atoms. The van der Waals surface area contributed by atoms with Crippen LogP contribution in [0.25, 0.3) is 0 Å². The van der Waals surface area contributed by atoms with E-state index in [0.29, 0.717) is 16.9 Å². The Balaban J connectivity index is 2.45. The average molecular weight is 361 g/mol. The van der Waals surface area contributed by atoms with Crippen molar-refractivity contribution in [3.63, 3.8) is 0 Å². The van der Waals surface area contributed by atoms with Gasteiger partial charge in [0.2, 0.25) is 0 Å². The summed E-state index contributed by atoms with van der Waals surface area (Å²) in [5, 5.41) is 0. The Morgan fingerprint density at radius 2 is 1.58 bits per heavy atom. The second-order valence-electron chi connectivity index (χ2n) is 6.53. The summed E-state index contributed by atoms with van der Waals surface area (Å²) in [5.74, 6) is -2.55. The van der Waals surface area contributed by atoms with Gasteiger partial charge in [-0.05, 0) is 64.7 Å². The summed E-state index contributed by atoms with van der Waals surface area (Å²) in [6.45, 7) is 7.84. The second kappa shape index (κ2) is 10.2. The number of hydrogen-bond donors (Lipinski definition) is 0. The molecule has 24 heavy (non-hydrogen) atoms. The molecule has 0 amide bonds. The first-order chi connectivity index (χ1) is 11.3. The smallest absolute Gasteiger partial charge is 0.273 e. The van der Waals surface area contributed by atoms with Crippen molar-refractivity contribution in [2.75, 3.05) is 0 Å². The van der Waals surface area contributed by atoms with Gasteiger partial charge in [-0.2, -0.15) is 0 Å². The zero-order valence-corrected chi connectivity index (χ0v) is 17.4. The van der Waals surface area contributed by atoms with Gasteiger partial charge in [0.15, 0.2) is 22.1 Å². The molecular weight excluding hydrogens is 330 g/mol. The Labute approximate surface area is 147 Å². The molecule has 138 valence electrons. The average Bonchev–Trinajstić information content (AvgIpc) is 2.49. The van der Waals surface area contributed by atoms with E-state index in [9.17, 15) is 8.78 Å². The van der Waals surface area contributed by atoms with Crippen LogP contribution in [-0.4, -0.2) is 28.7 Å². The third-order valence-electron chi connectivity index (χ3n) is 3.57. The lowest BCUT2D eigenvalue weighted by molar-refractivity contribution is -0.369. The molecule has 1 aromatic carbocycles. The van der Waals surface area contributed by atoms with Crippen LogP contribution in [0.3, 0.4) is 0 Å². The van der Waals surface area contributed by atoms with E-state index in [1.807, 2.05) is 27.7 Å². The highest BCUT2D eigenvalue weighted by Gasteiger charge is 2.33. The van der Waals surface area contributed by atoms with Crippen LogP contribution in [0.4, 0.5) is 8.78 Å². The first kappa shape index (κ1) is 21.2. The molecule has 0 atom stereocenters.